The van der Waals surface area contributed by atoms with E-state index in [-0.39, 0.29) is 12.5 Å². The van der Waals surface area contributed by atoms with Crippen molar-refractivity contribution in [3.8, 4) is 0 Å². The maximum atomic E-state index is 12.8. The molecule has 1 saturated heterocycles. The first-order valence-corrected chi connectivity index (χ1v) is 11.4. The van der Waals surface area contributed by atoms with Crippen LogP contribution in [-0.2, 0) is 28.5 Å². The van der Waals surface area contributed by atoms with Crippen LogP contribution in [0.2, 0.25) is 10.0 Å². The molecule has 10 nitrogen and oxygen atoms in total. The van der Waals surface area contributed by atoms with Crippen molar-refractivity contribution in [2.75, 3.05) is 26.0 Å². The summed E-state index contributed by atoms with van der Waals surface area (Å²) in [5, 5.41) is 15.8. The highest BCUT2D eigenvalue weighted by atomic mass is 35.5. The summed E-state index contributed by atoms with van der Waals surface area (Å²) in [5.74, 6) is -4.03. The molecule has 2 atom stereocenters. The molecule has 2 amide bonds. The van der Waals surface area contributed by atoms with E-state index in [2.05, 4.69) is 10.6 Å². The minimum atomic E-state index is -1.94. The Kier molecular flexibility index (Phi) is 9.60. The average Bonchev–Trinajstić information content (AvgIpc) is 2.72. The Bertz CT molecular complexity index is 943. The molecule has 0 spiro atoms. The zero-order valence-corrected chi connectivity index (χ0v) is 20.9. The molecule has 1 heterocycles. The van der Waals surface area contributed by atoms with Crippen LogP contribution < -0.4 is 10.6 Å². The van der Waals surface area contributed by atoms with E-state index in [1.165, 1.54) is 14.1 Å². The fraction of sp³-hybridized carbons (Fsp3) is 0.524. The van der Waals surface area contributed by atoms with Gasteiger partial charge in [0.05, 0.1) is 36.0 Å². The third kappa shape index (κ3) is 7.51. The van der Waals surface area contributed by atoms with Gasteiger partial charge >= 0.3 is 13.1 Å². The largest absolute Gasteiger partial charge is 0.552 e. The summed E-state index contributed by atoms with van der Waals surface area (Å²) in [5.41, 5.74) is -1.48. The summed E-state index contributed by atoms with van der Waals surface area (Å²) in [6.07, 6.45) is -0.947. The van der Waals surface area contributed by atoms with E-state index in [0.717, 1.165) is 4.90 Å². The molecule has 1 fully saturated rings. The number of aliphatic carboxylic acids is 1. The van der Waals surface area contributed by atoms with E-state index in [0.29, 0.717) is 22.2 Å². The number of halogens is 2. The number of benzene rings is 1. The molecule has 0 aromatic heterocycles. The third-order valence-corrected chi connectivity index (χ3v) is 5.58. The smallest absolute Gasteiger partial charge is 0.508 e. The summed E-state index contributed by atoms with van der Waals surface area (Å²) < 4.78 is 11.2. The number of amides is 2. The van der Waals surface area contributed by atoms with Gasteiger partial charge in [-0.2, -0.15) is 0 Å². The number of carboxylic acids is 1. The molecule has 3 N–H and O–H groups in total. The number of rotatable bonds is 10. The molecule has 0 saturated carbocycles. The Morgan fingerprint density at radius 2 is 1.94 bits per heavy atom. The molecule has 0 bridgehead atoms. The average molecular weight is 516 g/mol. The summed E-state index contributed by atoms with van der Waals surface area (Å²) in [6.45, 7) is 3.61. The lowest BCUT2D eigenvalue weighted by Gasteiger charge is -2.40. The normalized spacial score (nSPS) is 18.8. The van der Waals surface area contributed by atoms with Crippen LogP contribution >= 0.6 is 23.2 Å². The van der Waals surface area contributed by atoms with Crippen molar-refractivity contribution in [1.82, 2.24) is 10.2 Å². The van der Waals surface area contributed by atoms with Gasteiger partial charge in [0, 0.05) is 19.1 Å². The van der Waals surface area contributed by atoms with E-state index < -0.39 is 55.3 Å². The van der Waals surface area contributed by atoms with Gasteiger partial charge in [-0.05, 0) is 30.5 Å². The molecular formula is C21H28BCl2N3O7. The molecule has 1 aromatic rings. The van der Waals surface area contributed by atoms with Gasteiger partial charge in [0.1, 0.15) is 0 Å². The molecule has 0 aliphatic carbocycles. The summed E-state index contributed by atoms with van der Waals surface area (Å²) in [4.78, 5) is 50.6. The molecule has 0 unspecified atom stereocenters. The van der Waals surface area contributed by atoms with Crippen LogP contribution in [0.1, 0.15) is 33.1 Å². The molecule has 186 valence electrons. The van der Waals surface area contributed by atoms with E-state index in [9.17, 15) is 24.3 Å². The Hall–Kier alpha value is -2.50. The minimum absolute atomic E-state index is 0.0447. The summed E-state index contributed by atoms with van der Waals surface area (Å²) >= 11 is 12.1. The van der Waals surface area contributed by atoms with Gasteiger partial charge in [-0.15, -0.1) is 0 Å². The van der Waals surface area contributed by atoms with E-state index in [1.807, 2.05) is 13.8 Å². The second-order valence-electron chi connectivity index (χ2n) is 8.70. The summed E-state index contributed by atoms with van der Waals surface area (Å²) in [7, 11) is 1.51. The number of anilines is 1. The highest BCUT2D eigenvalue weighted by Crippen LogP contribution is 2.31. The second-order valence-corrected chi connectivity index (χ2v) is 9.54. The first kappa shape index (κ1) is 27.7. The monoisotopic (exact) mass is 515 g/mol. The molecule has 1 aliphatic rings. The van der Waals surface area contributed by atoms with Crippen LogP contribution in [0, 0.1) is 5.92 Å². The van der Waals surface area contributed by atoms with Crippen LogP contribution in [0.25, 0.3) is 0 Å². The molecule has 1 aromatic carbocycles. The van der Waals surface area contributed by atoms with Gasteiger partial charge in [-0.3, -0.25) is 19.2 Å². The quantitative estimate of drug-likeness (QED) is 0.404. The Morgan fingerprint density at radius 3 is 2.53 bits per heavy atom. The number of hydrogen-bond donors (Lipinski definition) is 3. The lowest BCUT2D eigenvalue weighted by Crippen LogP contribution is -2.63. The van der Waals surface area contributed by atoms with Gasteiger partial charge in [0.25, 0.3) is 11.9 Å². The van der Waals surface area contributed by atoms with Crippen LogP contribution in [0.5, 0.6) is 0 Å². The van der Waals surface area contributed by atoms with Crippen molar-refractivity contribution in [1.29, 1.82) is 0 Å². The Labute approximate surface area is 208 Å². The highest BCUT2D eigenvalue weighted by Gasteiger charge is 2.54. The van der Waals surface area contributed by atoms with Crippen molar-refractivity contribution in [2.24, 2.45) is 5.92 Å². The first-order valence-electron chi connectivity index (χ1n) is 10.6. The zero-order valence-electron chi connectivity index (χ0n) is 19.4. The number of nitrogens with one attached hydrogen (secondary N) is 2. The second kappa shape index (κ2) is 11.8. The Morgan fingerprint density at radius 1 is 1.26 bits per heavy atom. The highest BCUT2D eigenvalue weighted by molar-refractivity contribution is 6.50. The predicted octanol–water partition coefficient (Wildman–Crippen LogP) is 2.23. The van der Waals surface area contributed by atoms with Crippen molar-refractivity contribution < 1.29 is 33.6 Å². The number of likely N-dealkylation sites (N-methyl/N-ethyl adjacent to an activating group) is 1. The van der Waals surface area contributed by atoms with Gasteiger partial charge < -0.3 is 29.9 Å². The summed E-state index contributed by atoms with van der Waals surface area (Å²) in [6, 6.07) is 4.77. The van der Waals surface area contributed by atoms with E-state index >= 15 is 0 Å². The van der Waals surface area contributed by atoms with Gasteiger partial charge in [-0.25, -0.2) is 0 Å². The molecule has 34 heavy (non-hydrogen) atoms. The van der Waals surface area contributed by atoms with Crippen LogP contribution in [0.15, 0.2) is 18.2 Å². The molecule has 13 heteroatoms. The van der Waals surface area contributed by atoms with Crippen LogP contribution in [-0.4, -0.2) is 73.1 Å². The molecule has 2 rings (SSSR count). The van der Waals surface area contributed by atoms with Gasteiger partial charge in [-0.1, -0.05) is 37.0 Å². The van der Waals surface area contributed by atoms with Crippen molar-refractivity contribution in [2.45, 2.75) is 44.7 Å². The van der Waals surface area contributed by atoms with Crippen molar-refractivity contribution >= 4 is 59.8 Å². The fourth-order valence-corrected chi connectivity index (χ4v) is 3.98. The van der Waals surface area contributed by atoms with Crippen LogP contribution in [0.4, 0.5) is 5.69 Å². The topological polar surface area (TPSA) is 134 Å². The predicted molar refractivity (Wildman–Crippen MR) is 128 cm³/mol. The zero-order chi connectivity index (χ0) is 25.6. The standard InChI is InChI=1S/C21H28BCl2N3O7/c1-12(2)7-16(26-17(28)11-25-15-8-13(23)5-6-14(15)24)22-33-19(31)10-21(34-22,9-18(29)30)20(32)27(3)4/h5-6,8,12,16,25H,7,9-11H2,1-4H3,(H,26,28)(H,29,30)/t16-,21-/m0/s1. The lowest BCUT2D eigenvalue weighted by molar-refractivity contribution is -0.169. The Balaban J connectivity index is 2.22. The van der Waals surface area contributed by atoms with E-state index in [4.69, 9.17) is 32.5 Å². The maximum absolute atomic E-state index is 12.8. The van der Waals surface area contributed by atoms with Crippen molar-refractivity contribution in [3.05, 3.63) is 28.2 Å². The van der Waals surface area contributed by atoms with Gasteiger partial charge in [0.2, 0.25) is 5.91 Å². The fourth-order valence-electron chi connectivity index (χ4n) is 3.63. The maximum Gasteiger partial charge on any atom is 0.552 e. The number of hydrogen-bond acceptors (Lipinski definition) is 7. The SMILES string of the molecule is CC(C)C[C@H](NC(=O)CNc1cc(Cl)ccc1Cl)B1OC(=O)C[C@@](CC(=O)O)(C(=O)N(C)C)O1. The number of carbonyl (C=O) groups excluding carboxylic acids is 3. The van der Waals surface area contributed by atoms with Crippen LogP contribution in [0.3, 0.4) is 0 Å². The molecule has 0 radical (unpaired) electrons. The number of nitrogens with zero attached hydrogens (tertiary/aromatic N) is 1. The number of carbonyl (C=O) groups is 4. The van der Waals surface area contributed by atoms with Gasteiger partial charge in [0.15, 0.2) is 5.60 Å². The lowest BCUT2D eigenvalue weighted by atomic mass is 9.70. The third-order valence-electron chi connectivity index (χ3n) is 5.02. The van der Waals surface area contributed by atoms with Crippen molar-refractivity contribution in [3.63, 3.8) is 0 Å². The minimum Gasteiger partial charge on any atom is -0.508 e. The first-order chi connectivity index (χ1) is 15.8. The molecule has 1 aliphatic heterocycles. The molecular weight excluding hydrogens is 488 g/mol. The number of carboxylic acid groups (broad SMARTS) is 1. The van der Waals surface area contributed by atoms with E-state index in [1.54, 1.807) is 18.2 Å².